The Kier molecular flexibility index (Phi) is 4.82. The van der Waals surface area contributed by atoms with Crippen LogP contribution in [0.2, 0.25) is 0 Å². The van der Waals surface area contributed by atoms with Crippen LogP contribution in [0.3, 0.4) is 0 Å². The van der Waals surface area contributed by atoms with E-state index in [1.54, 1.807) is 0 Å². The van der Waals surface area contributed by atoms with Crippen molar-refractivity contribution in [2.75, 3.05) is 4.90 Å². The first kappa shape index (κ1) is 23.2. The van der Waals surface area contributed by atoms with Crippen LogP contribution in [0.1, 0.15) is 5.56 Å². The highest BCUT2D eigenvalue weighted by molar-refractivity contribution is 6.22. The zero-order valence-electron chi connectivity index (χ0n) is 23.0. The second-order valence-corrected chi connectivity index (χ2v) is 11.0. The molecule has 3 nitrogen and oxygen atoms in total. The van der Waals surface area contributed by atoms with Crippen molar-refractivity contribution >= 4 is 82.5 Å². The van der Waals surface area contributed by atoms with Crippen LogP contribution in [0.15, 0.2) is 142 Å². The van der Waals surface area contributed by atoms with Gasteiger partial charge in [-0.3, -0.25) is 0 Å². The minimum Gasteiger partial charge on any atom is -0.455 e. The maximum atomic E-state index is 6.61. The fourth-order valence-electron chi connectivity index (χ4n) is 6.46. The largest absolute Gasteiger partial charge is 0.455 e. The molecule has 0 bridgehead atoms. The Morgan fingerprint density at radius 1 is 0.429 bits per heavy atom. The number of aryl methyl sites for hydroxylation is 1. The van der Waals surface area contributed by atoms with Gasteiger partial charge in [0.05, 0.1) is 11.4 Å². The molecule has 0 unspecified atom stereocenters. The molecule has 0 aliphatic rings. The van der Waals surface area contributed by atoms with Crippen molar-refractivity contribution in [2.24, 2.45) is 0 Å². The van der Waals surface area contributed by atoms with Gasteiger partial charge in [0.25, 0.3) is 0 Å². The second-order valence-electron chi connectivity index (χ2n) is 11.0. The van der Waals surface area contributed by atoms with Gasteiger partial charge in [-0.15, -0.1) is 0 Å². The Morgan fingerprint density at radius 3 is 1.90 bits per heavy atom. The highest BCUT2D eigenvalue weighted by Crippen LogP contribution is 2.47. The van der Waals surface area contributed by atoms with Gasteiger partial charge in [-0.1, -0.05) is 96.6 Å². The molecule has 42 heavy (non-hydrogen) atoms. The molecule has 3 heteroatoms. The van der Waals surface area contributed by atoms with Crippen molar-refractivity contribution in [2.45, 2.75) is 6.92 Å². The van der Waals surface area contributed by atoms with Crippen molar-refractivity contribution in [3.63, 3.8) is 0 Å². The highest BCUT2D eigenvalue weighted by atomic mass is 16.3. The predicted molar refractivity (Wildman–Crippen MR) is 175 cm³/mol. The first-order chi connectivity index (χ1) is 20.7. The minimum absolute atomic E-state index is 0.867. The molecule has 2 heterocycles. The summed E-state index contributed by atoms with van der Waals surface area (Å²) in [5, 5.41) is 9.00. The number of hydrogen-bond donors (Lipinski definition) is 0. The quantitative estimate of drug-likeness (QED) is 0.224. The number of nitrogens with zero attached hydrogens (tertiary/aromatic N) is 1. The number of anilines is 3. The summed E-state index contributed by atoms with van der Waals surface area (Å²) in [7, 11) is 0. The van der Waals surface area contributed by atoms with Gasteiger partial charge in [0.2, 0.25) is 0 Å². The number of fused-ring (bicyclic) bond motifs is 9. The molecule has 0 N–H and O–H groups in total. The van der Waals surface area contributed by atoms with Crippen molar-refractivity contribution in [3.05, 3.63) is 139 Å². The molecule has 0 amide bonds. The highest BCUT2D eigenvalue weighted by Gasteiger charge is 2.23. The van der Waals surface area contributed by atoms with Crippen LogP contribution in [0.4, 0.5) is 17.1 Å². The van der Waals surface area contributed by atoms with Crippen molar-refractivity contribution in [1.82, 2.24) is 0 Å². The minimum atomic E-state index is 0.867. The summed E-state index contributed by atoms with van der Waals surface area (Å²) in [4.78, 5) is 2.34. The Balaban J connectivity index is 1.42. The van der Waals surface area contributed by atoms with Crippen LogP contribution in [0, 0.1) is 6.92 Å². The summed E-state index contributed by atoms with van der Waals surface area (Å²) in [6.45, 7) is 2.12. The Labute approximate surface area is 241 Å². The summed E-state index contributed by atoms with van der Waals surface area (Å²) in [5.41, 5.74) is 7.91. The lowest BCUT2D eigenvalue weighted by molar-refractivity contribution is 0.669. The first-order valence-corrected chi connectivity index (χ1v) is 14.3. The third-order valence-corrected chi connectivity index (χ3v) is 8.48. The standard InChI is InChI=1S/C39H25NO2/c1-24-17-19-27(20-18-24)40(34-15-8-14-31-29-12-6-7-16-36(29)41-39(31)34)35-23-33-32-21-25-9-2-3-10-26(25)22-37(32)42-38(33)30-13-5-4-11-28(30)35/h2-23H,1H3. The number of rotatable bonds is 3. The van der Waals surface area contributed by atoms with E-state index in [-0.39, 0.29) is 0 Å². The van der Waals surface area contributed by atoms with Crippen LogP contribution in [-0.2, 0) is 0 Å². The normalized spacial score (nSPS) is 11.9. The van der Waals surface area contributed by atoms with Crippen molar-refractivity contribution in [1.29, 1.82) is 0 Å². The van der Waals surface area contributed by atoms with Crippen LogP contribution in [0.25, 0.3) is 65.4 Å². The molecule has 2 aromatic heterocycles. The molecule has 0 spiro atoms. The third kappa shape index (κ3) is 3.34. The van der Waals surface area contributed by atoms with E-state index in [9.17, 15) is 0 Å². The molecule has 9 rings (SSSR count). The average Bonchev–Trinajstić information content (AvgIpc) is 3.59. The van der Waals surface area contributed by atoms with Gasteiger partial charge in [0.1, 0.15) is 16.7 Å². The molecule has 7 aromatic carbocycles. The predicted octanol–water partition coefficient (Wildman–Crippen LogP) is 11.6. The van der Waals surface area contributed by atoms with E-state index in [2.05, 4.69) is 133 Å². The fourth-order valence-corrected chi connectivity index (χ4v) is 6.46. The molecule has 0 saturated heterocycles. The molecule has 0 aliphatic carbocycles. The zero-order valence-corrected chi connectivity index (χ0v) is 23.0. The fraction of sp³-hybridized carbons (Fsp3) is 0.0256. The molecule has 9 aromatic rings. The maximum Gasteiger partial charge on any atom is 0.159 e. The summed E-state index contributed by atoms with van der Waals surface area (Å²) in [6, 6.07) is 47.1. The smallest absolute Gasteiger partial charge is 0.159 e. The molecule has 0 atom stereocenters. The van der Waals surface area contributed by atoms with E-state index < -0.39 is 0 Å². The Bertz CT molecular complexity index is 2480. The molecule has 0 saturated carbocycles. The Hall–Kier alpha value is -5.54. The van der Waals surface area contributed by atoms with Gasteiger partial charge < -0.3 is 13.7 Å². The van der Waals surface area contributed by atoms with E-state index in [0.717, 1.165) is 71.7 Å². The van der Waals surface area contributed by atoms with Gasteiger partial charge >= 0.3 is 0 Å². The summed E-state index contributed by atoms with van der Waals surface area (Å²) >= 11 is 0. The topological polar surface area (TPSA) is 29.5 Å². The molecule has 0 aliphatic heterocycles. The summed E-state index contributed by atoms with van der Waals surface area (Å²) < 4.78 is 13.2. The van der Waals surface area contributed by atoms with Gasteiger partial charge in [-0.25, -0.2) is 0 Å². The summed E-state index contributed by atoms with van der Waals surface area (Å²) in [6.07, 6.45) is 0. The van der Waals surface area contributed by atoms with Crippen molar-refractivity contribution < 1.29 is 8.83 Å². The molecule has 198 valence electrons. The number of furan rings is 2. The van der Waals surface area contributed by atoms with Crippen molar-refractivity contribution in [3.8, 4) is 0 Å². The lowest BCUT2D eigenvalue weighted by Gasteiger charge is -2.27. The van der Waals surface area contributed by atoms with Crippen LogP contribution < -0.4 is 4.90 Å². The van der Waals surface area contributed by atoms with Crippen LogP contribution in [-0.4, -0.2) is 0 Å². The van der Waals surface area contributed by atoms with Gasteiger partial charge in [0.15, 0.2) is 5.58 Å². The van der Waals surface area contributed by atoms with Crippen LogP contribution >= 0.6 is 0 Å². The van der Waals surface area contributed by atoms with E-state index in [4.69, 9.17) is 8.83 Å². The lowest BCUT2D eigenvalue weighted by Crippen LogP contribution is -2.11. The van der Waals surface area contributed by atoms with E-state index >= 15 is 0 Å². The molecule has 0 radical (unpaired) electrons. The lowest BCUT2D eigenvalue weighted by atomic mass is 10.0. The van der Waals surface area contributed by atoms with E-state index in [0.29, 0.717) is 0 Å². The van der Waals surface area contributed by atoms with Gasteiger partial charge in [-0.05, 0) is 60.2 Å². The SMILES string of the molecule is Cc1ccc(N(c2cc3c4cc5ccccc5cc4oc3c3ccccc23)c2cccc3c2oc2ccccc23)cc1. The summed E-state index contributed by atoms with van der Waals surface area (Å²) in [5.74, 6) is 0. The maximum absolute atomic E-state index is 6.61. The number of para-hydroxylation sites is 2. The van der Waals surface area contributed by atoms with Gasteiger partial charge in [-0.2, -0.15) is 0 Å². The molecular weight excluding hydrogens is 514 g/mol. The van der Waals surface area contributed by atoms with Crippen LogP contribution in [0.5, 0.6) is 0 Å². The van der Waals surface area contributed by atoms with Gasteiger partial charge in [0, 0.05) is 38.0 Å². The van der Waals surface area contributed by atoms with E-state index in [1.807, 2.05) is 12.1 Å². The third-order valence-electron chi connectivity index (χ3n) is 8.48. The van der Waals surface area contributed by atoms with E-state index in [1.165, 1.54) is 16.3 Å². The average molecular weight is 540 g/mol. The number of hydrogen-bond acceptors (Lipinski definition) is 3. The second kappa shape index (κ2) is 8.73. The molecular formula is C39H25NO2. The first-order valence-electron chi connectivity index (χ1n) is 14.3. The number of benzene rings is 7. The monoisotopic (exact) mass is 539 g/mol. The molecule has 0 fully saturated rings. The zero-order chi connectivity index (χ0) is 27.8. The Morgan fingerprint density at radius 2 is 1.07 bits per heavy atom.